The maximum Gasteiger partial charge on any atom is 0.266 e. The van der Waals surface area contributed by atoms with Gasteiger partial charge in [0, 0.05) is 18.2 Å². The number of amides is 1. The third-order valence-corrected chi connectivity index (χ3v) is 8.80. The fourth-order valence-electron chi connectivity index (χ4n) is 5.13. The van der Waals surface area contributed by atoms with Crippen molar-refractivity contribution in [3.63, 3.8) is 0 Å². The normalized spacial score (nSPS) is 13.9. The Hall–Kier alpha value is -3.47. The fourth-order valence-corrected chi connectivity index (χ4v) is 6.63. The van der Waals surface area contributed by atoms with Gasteiger partial charge in [-0.2, -0.15) is 5.26 Å². The summed E-state index contributed by atoms with van der Waals surface area (Å²) in [5.41, 5.74) is 3.24. The minimum Gasteiger partial charge on any atom is -0.496 e. The molecule has 1 aromatic heterocycles. The number of methoxy groups -OCH3 is 1. The molecular weight excluding hydrogens is 526 g/mol. The molecule has 3 aromatic carbocycles. The lowest BCUT2D eigenvalue weighted by Crippen LogP contribution is -2.40. The van der Waals surface area contributed by atoms with Crippen LogP contribution in [0.3, 0.4) is 0 Å². The molecule has 194 valence electrons. The number of halogens is 3. The topological polar surface area (TPSA) is 53.3 Å². The van der Waals surface area contributed by atoms with Gasteiger partial charge in [-0.1, -0.05) is 49.1 Å². The molecule has 0 unspecified atom stereocenters. The molecule has 0 radical (unpaired) electrons. The molecule has 4 aromatic rings. The number of fused-ring (bicyclic) bond motifs is 1. The molecule has 8 heteroatoms. The Bertz CT molecular complexity index is 1540. The highest BCUT2D eigenvalue weighted by Gasteiger charge is 2.31. The third-order valence-electron chi connectivity index (χ3n) is 7.12. The predicted molar refractivity (Wildman–Crippen MR) is 147 cm³/mol. The summed E-state index contributed by atoms with van der Waals surface area (Å²) >= 11 is 7.41. The van der Waals surface area contributed by atoms with Crippen molar-refractivity contribution >= 4 is 38.9 Å². The Labute approximate surface area is 229 Å². The number of benzene rings is 3. The van der Waals surface area contributed by atoms with Crippen LogP contribution in [0, 0.1) is 23.0 Å². The number of nitriles is 1. The van der Waals surface area contributed by atoms with Crippen molar-refractivity contribution in [1.82, 2.24) is 4.90 Å². The highest BCUT2D eigenvalue weighted by atomic mass is 35.5. The summed E-state index contributed by atoms with van der Waals surface area (Å²) in [7, 11) is 1.58. The van der Waals surface area contributed by atoms with Crippen LogP contribution in [0.5, 0.6) is 5.75 Å². The molecule has 0 aliphatic heterocycles. The summed E-state index contributed by atoms with van der Waals surface area (Å²) in [4.78, 5) is 15.9. The van der Waals surface area contributed by atoms with Gasteiger partial charge in [0.1, 0.15) is 22.3 Å². The molecule has 0 atom stereocenters. The number of thiophene rings is 1. The monoisotopic (exact) mass is 550 g/mol. The molecule has 1 amide bonds. The van der Waals surface area contributed by atoms with E-state index in [2.05, 4.69) is 6.07 Å². The molecule has 38 heavy (non-hydrogen) atoms. The van der Waals surface area contributed by atoms with Crippen LogP contribution in [0.2, 0.25) is 5.02 Å². The zero-order valence-electron chi connectivity index (χ0n) is 20.8. The van der Waals surface area contributed by atoms with E-state index < -0.39 is 11.6 Å². The standard InChI is InChI=1S/C30H25ClF2N2O2S/c1-37-25-14-11-20(19-9-7-18(16-34)8-10-19)15-21(25)17-35(22-5-3-2-4-6-22)30(36)29-27(31)26-23(32)12-13-24(33)28(26)38-29/h7-15,22H,2-6,17H2,1H3. The molecule has 0 bridgehead atoms. The second kappa shape index (κ2) is 11.1. The van der Waals surface area contributed by atoms with Crippen molar-refractivity contribution in [3.8, 4) is 22.9 Å². The molecule has 5 rings (SSSR count). The van der Waals surface area contributed by atoms with Crippen molar-refractivity contribution in [2.45, 2.75) is 44.7 Å². The zero-order chi connectivity index (χ0) is 26.8. The van der Waals surface area contributed by atoms with Gasteiger partial charge in [0.15, 0.2) is 0 Å². The molecule has 1 fully saturated rings. The van der Waals surface area contributed by atoms with Crippen LogP contribution in [-0.4, -0.2) is 24.0 Å². The summed E-state index contributed by atoms with van der Waals surface area (Å²) in [6.07, 6.45) is 4.79. The molecule has 1 heterocycles. The quantitative estimate of drug-likeness (QED) is 0.242. The van der Waals surface area contributed by atoms with Crippen LogP contribution in [0.15, 0.2) is 54.6 Å². The van der Waals surface area contributed by atoms with E-state index in [-0.39, 0.29) is 38.5 Å². The first-order valence-electron chi connectivity index (χ1n) is 12.5. The van der Waals surface area contributed by atoms with E-state index in [1.165, 1.54) is 0 Å². The van der Waals surface area contributed by atoms with Gasteiger partial charge in [-0.15, -0.1) is 11.3 Å². The Morgan fingerprint density at radius 2 is 1.74 bits per heavy atom. The molecule has 1 aliphatic rings. The Kier molecular flexibility index (Phi) is 7.64. The van der Waals surface area contributed by atoms with Gasteiger partial charge in [-0.25, -0.2) is 8.78 Å². The maximum absolute atomic E-state index is 14.6. The van der Waals surface area contributed by atoms with E-state index in [0.29, 0.717) is 11.3 Å². The first kappa shape index (κ1) is 26.1. The van der Waals surface area contributed by atoms with Gasteiger partial charge in [0.25, 0.3) is 5.91 Å². The minimum atomic E-state index is -0.650. The van der Waals surface area contributed by atoms with E-state index in [1.54, 1.807) is 24.1 Å². The van der Waals surface area contributed by atoms with Crippen LogP contribution in [0.25, 0.3) is 21.2 Å². The number of carbonyl (C=O) groups is 1. The van der Waals surface area contributed by atoms with E-state index >= 15 is 0 Å². The van der Waals surface area contributed by atoms with Gasteiger partial charge < -0.3 is 9.64 Å². The van der Waals surface area contributed by atoms with Crippen molar-refractivity contribution in [3.05, 3.63) is 87.3 Å². The summed E-state index contributed by atoms with van der Waals surface area (Å²) in [6, 6.07) is 17.3. The molecular formula is C30H25ClF2N2O2S. The van der Waals surface area contributed by atoms with Crippen LogP contribution in [0.4, 0.5) is 8.78 Å². The smallest absolute Gasteiger partial charge is 0.266 e. The Balaban J connectivity index is 1.56. The molecule has 0 N–H and O–H groups in total. The Morgan fingerprint density at radius 3 is 2.39 bits per heavy atom. The Morgan fingerprint density at radius 1 is 1.05 bits per heavy atom. The number of hydrogen-bond acceptors (Lipinski definition) is 4. The number of hydrogen-bond donors (Lipinski definition) is 0. The van der Waals surface area contributed by atoms with E-state index in [9.17, 15) is 13.6 Å². The van der Waals surface area contributed by atoms with E-state index in [1.807, 2.05) is 30.3 Å². The number of carbonyl (C=O) groups excluding carboxylic acids is 1. The van der Waals surface area contributed by atoms with Crippen molar-refractivity contribution in [1.29, 1.82) is 5.26 Å². The van der Waals surface area contributed by atoms with Gasteiger partial charge in [0.05, 0.1) is 33.9 Å². The molecule has 0 saturated heterocycles. The van der Waals surface area contributed by atoms with Gasteiger partial charge in [-0.05, 0) is 60.4 Å². The first-order valence-corrected chi connectivity index (χ1v) is 13.6. The van der Waals surface area contributed by atoms with Crippen LogP contribution in [-0.2, 0) is 6.54 Å². The van der Waals surface area contributed by atoms with Gasteiger partial charge in [-0.3, -0.25) is 4.79 Å². The average molecular weight is 551 g/mol. The lowest BCUT2D eigenvalue weighted by atomic mass is 9.93. The highest BCUT2D eigenvalue weighted by Crippen LogP contribution is 2.40. The molecule has 4 nitrogen and oxygen atoms in total. The summed E-state index contributed by atoms with van der Waals surface area (Å²) in [5, 5.41) is 9.02. The number of ether oxygens (including phenoxy) is 1. The lowest BCUT2D eigenvalue weighted by molar-refractivity contribution is 0.0618. The zero-order valence-corrected chi connectivity index (χ0v) is 22.3. The minimum absolute atomic E-state index is 0.0319. The maximum atomic E-state index is 14.6. The second-order valence-electron chi connectivity index (χ2n) is 9.42. The van der Waals surface area contributed by atoms with Crippen LogP contribution in [0.1, 0.15) is 52.9 Å². The number of rotatable bonds is 6. The summed E-state index contributed by atoms with van der Waals surface area (Å²) < 4.78 is 34.7. The predicted octanol–water partition coefficient (Wildman–Crippen LogP) is 8.36. The second-order valence-corrected chi connectivity index (χ2v) is 10.8. The first-order chi connectivity index (χ1) is 18.4. The molecule has 1 saturated carbocycles. The van der Waals surface area contributed by atoms with E-state index in [4.69, 9.17) is 21.6 Å². The molecule has 0 spiro atoms. The van der Waals surface area contributed by atoms with Crippen LogP contribution < -0.4 is 4.74 Å². The SMILES string of the molecule is COc1ccc(-c2ccc(C#N)cc2)cc1CN(C(=O)c1sc2c(F)ccc(F)c2c1Cl)C1CCCCC1. The van der Waals surface area contributed by atoms with Crippen molar-refractivity contribution < 1.29 is 18.3 Å². The van der Waals surface area contributed by atoms with Crippen molar-refractivity contribution in [2.24, 2.45) is 0 Å². The van der Waals surface area contributed by atoms with Gasteiger partial charge in [0.2, 0.25) is 0 Å². The number of nitrogens with zero attached hydrogens (tertiary/aromatic N) is 2. The lowest BCUT2D eigenvalue weighted by Gasteiger charge is -2.34. The van der Waals surface area contributed by atoms with Gasteiger partial charge >= 0.3 is 0 Å². The third kappa shape index (κ3) is 4.99. The average Bonchev–Trinajstić information content (AvgIpc) is 3.32. The van der Waals surface area contributed by atoms with E-state index in [0.717, 1.165) is 72.3 Å². The highest BCUT2D eigenvalue weighted by molar-refractivity contribution is 7.21. The van der Waals surface area contributed by atoms with Crippen LogP contribution >= 0.6 is 22.9 Å². The largest absolute Gasteiger partial charge is 0.496 e. The molecule has 1 aliphatic carbocycles. The van der Waals surface area contributed by atoms with Crippen molar-refractivity contribution in [2.75, 3.05) is 7.11 Å². The summed E-state index contributed by atoms with van der Waals surface area (Å²) in [5.74, 6) is -0.959. The summed E-state index contributed by atoms with van der Waals surface area (Å²) in [6.45, 7) is 0.256. The fraction of sp³-hybridized carbons (Fsp3) is 0.267.